The number of hydrogen-bond acceptors (Lipinski definition) is 8. The van der Waals surface area contributed by atoms with Gasteiger partial charge in [-0.05, 0) is 94.4 Å². The van der Waals surface area contributed by atoms with Crippen LogP contribution in [0.25, 0.3) is 0 Å². The van der Waals surface area contributed by atoms with Gasteiger partial charge >= 0.3 is 12.1 Å². The Bertz CT molecular complexity index is 1530. The van der Waals surface area contributed by atoms with Crippen LogP contribution in [0.5, 0.6) is 0 Å². The van der Waals surface area contributed by atoms with Crippen molar-refractivity contribution in [3.8, 4) is 0 Å². The molecule has 0 aromatic heterocycles. The largest absolute Gasteiger partial charge is 0.479 e. The first kappa shape index (κ1) is 37.0. The smallest absolute Gasteiger partial charge is 0.408 e. The predicted molar refractivity (Wildman–Crippen MR) is 184 cm³/mol. The number of ether oxygens (including phenoxy) is 1. The Labute approximate surface area is 296 Å². The number of rotatable bonds is 10. The number of fused-ring (bicyclic) bond motifs is 2. The summed E-state index contributed by atoms with van der Waals surface area (Å²) in [5.41, 5.74) is -1.52. The van der Waals surface area contributed by atoms with Gasteiger partial charge in [-0.3, -0.25) is 13.8 Å². The zero-order chi connectivity index (χ0) is 35.2. The Morgan fingerprint density at radius 1 is 1.12 bits per heavy atom. The first-order valence-electron chi connectivity index (χ1n) is 17.2. The molecule has 0 unspecified atom stereocenters. The molecule has 2 saturated carbocycles. The molecule has 0 radical (unpaired) electrons. The second-order valence-corrected chi connectivity index (χ2v) is 16.0. The van der Waals surface area contributed by atoms with Gasteiger partial charge in [-0.15, -0.1) is 6.58 Å². The molecule has 1 aromatic rings. The van der Waals surface area contributed by atoms with Crippen LogP contribution in [-0.4, -0.2) is 78.7 Å². The molecule has 5 rings (SSSR count). The molecule has 3 fully saturated rings. The normalized spacial score (nSPS) is 30.7. The molecule has 4 aliphatic rings. The molecule has 14 heteroatoms. The number of alkyl carbamates (subject to hydrolysis) is 1. The number of carbonyl (C=O) groups excluding carboxylic acids is 3. The highest BCUT2D eigenvalue weighted by Gasteiger charge is 2.61. The van der Waals surface area contributed by atoms with Gasteiger partial charge in [0.05, 0.1) is 11.0 Å². The summed E-state index contributed by atoms with van der Waals surface area (Å²) in [6.07, 6.45) is 12.1. The van der Waals surface area contributed by atoms with E-state index in [0.29, 0.717) is 17.3 Å². The lowest BCUT2D eigenvalue weighted by molar-refractivity contribution is -0.145. The summed E-state index contributed by atoms with van der Waals surface area (Å²) in [4.78, 5) is 54.9. The van der Waals surface area contributed by atoms with Crippen molar-refractivity contribution in [1.29, 1.82) is 0 Å². The van der Waals surface area contributed by atoms with Gasteiger partial charge in [0, 0.05) is 23.4 Å². The number of aliphatic carboxylic acids is 1. The zero-order valence-corrected chi connectivity index (χ0v) is 30.0. The lowest BCUT2D eigenvalue weighted by Gasteiger charge is -2.30. The van der Waals surface area contributed by atoms with Crippen molar-refractivity contribution in [2.45, 2.75) is 118 Å². The van der Waals surface area contributed by atoms with Crippen LogP contribution in [0.15, 0.2) is 58.4 Å². The third-order valence-electron chi connectivity index (χ3n) is 10.1. The highest BCUT2D eigenvalue weighted by atomic mass is 79.9. The number of carboxylic acid groups (broad SMARTS) is 1. The lowest BCUT2D eigenvalue weighted by Crippen LogP contribution is -2.56. The Hall–Kier alpha value is -3.23. The van der Waals surface area contributed by atoms with Gasteiger partial charge in [0.1, 0.15) is 23.7 Å². The number of nitrogens with one attached hydrogen (secondary N) is 2. The molecule has 12 nitrogen and oxygen atoms in total. The Kier molecular flexibility index (Phi) is 12.2. The average Bonchev–Trinajstić information content (AvgIpc) is 3.33. The molecule has 2 heterocycles. The fraction of sp³-hybridized carbons (Fsp3) is 0.600. The van der Waals surface area contributed by atoms with Crippen LogP contribution < -0.4 is 10.6 Å². The van der Waals surface area contributed by atoms with Crippen LogP contribution in [0.4, 0.5) is 4.79 Å². The third-order valence-corrected chi connectivity index (χ3v) is 12.0. The highest BCUT2D eigenvalue weighted by Crippen LogP contribution is 2.45. The van der Waals surface area contributed by atoms with Gasteiger partial charge in [0.25, 0.3) is 10.1 Å². The second-order valence-electron chi connectivity index (χ2n) is 13.6. The van der Waals surface area contributed by atoms with Crippen LogP contribution in [0, 0.1) is 11.8 Å². The molecular weight excluding hydrogens is 718 g/mol. The molecule has 1 saturated heterocycles. The van der Waals surface area contributed by atoms with Gasteiger partial charge in [-0.2, -0.15) is 8.42 Å². The minimum Gasteiger partial charge on any atom is -0.479 e. The molecule has 1 aromatic carbocycles. The van der Waals surface area contributed by atoms with Gasteiger partial charge in [0.2, 0.25) is 11.8 Å². The van der Waals surface area contributed by atoms with Crippen molar-refractivity contribution < 1.29 is 41.6 Å². The van der Waals surface area contributed by atoms with E-state index in [-0.39, 0.29) is 42.7 Å². The second kappa shape index (κ2) is 16.2. The van der Waals surface area contributed by atoms with Crippen molar-refractivity contribution in [3.05, 3.63) is 53.5 Å². The van der Waals surface area contributed by atoms with Crippen molar-refractivity contribution in [1.82, 2.24) is 15.5 Å². The van der Waals surface area contributed by atoms with Gasteiger partial charge in [-0.25, -0.2) is 9.59 Å². The first-order chi connectivity index (χ1) is 23.4. The summed E-state index contributed by atoms with van der Waals surface area (Å²) in [7, 11) is -4.27. The number of hydrogen-bond donors (Lipinski definition) is 3. The quantitative estimate of drug-likeness (QED) is 0.164. The topological polar surface area (TPSA) is 168 Å². The van der Waals surface area contributed by atoms with Gasteiger partial charge in [-0.1, -0.05) is 47.0 Å². The summed E-state index contributed by atoms with van der Waals surface area (Å²) >= 11 is 3.28. The molecule has 3 amide bonds. The molecule has 268 valence electrons. The van der Waals surface area contributed by atoms with E-state index in [0.717, 1.165) is 51.4 Å². The Morgan fingerprint density at radius 3 is 2.63 bits per heavy atom. The SMILES string of the molecule is C=CCCC[C@@H]1CCC[C@H]1OC(=O)N[C@H]1CCCCCC=C[C@@H]2C[C@@]2(C(=O)O)NC(=O)[C@@H]2C[C@H](OS(=O)(=O)c3ccc(Br)cc3)CN2C1=O. The van der Waals surface area contributed by atoms with Crippen LogP contribution in [0.2, 0.25) is 0 Å². The number of carbonyl (C=O) groups is 4. The van der Waals surface area contributed by atoms with E-state index in [9.17, 15) is 32.7 Å². The van der Waals surface area contributed by atoms with Crippen molar-refractivity contribution in [3.63, 3.8) is 0 Å². The Balaban J connectivity index is 1.37. The number of benzene rings is 1. The molecule has 2 aliphatic heterocycles. The van der Waals surface area contributed by atoms with E-state index in [4.69, 9.17) is 8.92 Å². The fourth-order valence-electron chi connectivity index (χ4n) is 7.29. The van der Waals surface area contributed by atoms with Crippen molar-refractivity contribution in [2.24, 2.45) is 11.8 Å². The molecule has 3 N–H and O–H groups in total. The number of amides is 3. The highest BCUT2D eigenvalue weighted by molar-refractivity contribution is 9.10. The molecule has 7 atom stereocenters. The van der Waals surface area contributed by atoms with E-state index in [2.05, 4.69) is 33.1 Å². The maximum Gasteiger partial charge on any atom is 0.408 e. The van der Waals surface area contributed by atoms with Crippen LogP contribution in [-0.2, 0) is 33.4 Å². The third kappa shape index (κ3) is 9.12. The summed E-state index contributed by atoms with van der Waals surface area (Å²) < 4.78 is 38.5. The number of allylic oxidation sites excluding steroid dienone is 2. The van der Waals surface area contributed by atoms with Crippen LogP contribution >= 0.6 is 15.9 Å². The molecule has 49 heavy (non-hydrogen) atoms. The first-order valence-corrected chi connectivity index (χ1v) is 19.4. The van der Waals surface area contributed by atoms with Gasteiger partial charge < -0.3 is 25.4 Å². The maximum absolute atomic E-state index is 14.3. The monoisotopic (exact) mass is 763 g/mol. The fourth-order valence-corrected chi connectivity index (χ4v) is 8.64. The summed E-state index contributed by atoms with van der Waals surface area (Å²) in [6.45, 7) is 3.52. The summed E-state index contributed by atoms with van der Waals surface area (Å²) in [5.74, 6) is -2.66. The van der Waals surface area contributed by atoms with E-state index in [1.807, 2.05) is 18.2 Å². The predicted octanol–water partition coefficient (Wildman–Crippen LogP) is 5.22. The van der Waals surface area contributed by atoms with Crippen molar-refractivity contribution in [2.75, 3.05) is 6.54 Å². The minimum atomic E-state index is -4.27. The number of nitrogens with zero attached hydrogens (tertiary/aromatic N) is 1. The van der Waals surface area contributed by atoms with Crippen LogP contribution in [0.3, 0.4) is 0 Å². The van der Waals surface area contributed by atoms with E-state index in [1.54, 1.807) is 12.1 Å². The Morgan fingerprint density at radius 2 is 1.90 bits per heavy atom. The molecular formula is C35H46BrN3O9S. The van der Waals surface area contributed by atoms with Gasteiger partial charge in [0.15, 0.2) is 0 Å². The minimum absolute atomic E-state index is 0.0922. The average molecular weight is 765 g/mol. The number of carboxylic acids is 1. The summed E-state index contributed by atoms with van der Waals surface area (Å²) in [5, 5.41) is 15.5. The summed E-state index contributed by atoms with van der Waals surface area (Å²) in [6, 6.07) is 3.59. The lowest BCUT2D eigenvalue weighted by atomic mass is 9.98. The number of halogens is 1. The van der Waals surface area contributed by atoms with Crippen molar-refractivity contribution >= 4 is 49.9 Å². The van der Waals surface area contributed by atoms with E-state index >= 15 is 0 Å². The zero-order valence-electron chi connectivity index (χ0n) is 27.6. The maximum atomic E-state index is 14.3. The molecule has 0 spiro atoms. The number of unbranched alkanes of at least 4 members (excludes halogenated alkanes) is 1. The van der Waals surface area contributed by atoms with Crippen LogP contribution in [0.1, 0.15) is 83.5 Å². The standard InChI is InChI=1S/C35H46BrN3O9S/c1-2-3-7-11-23-12-10-15-30(23)47-34(44)37-28-14-9-6-4-5-8-13-24-21-35(24,33(42)43)38-31(40)29-20-26(22-39(29)32(28)41)48-49(45,46)27-18-16-25(36)17-19-27/h2,8,13,16-19,23-24,26,28-30H,1,3-7,9-12,14-15,20-22H2,(H,37,44)(H,38,40)(H,42,43)/t23-,24-,26+,28+,29+,30-,35-/m1/s1. The molecule has 0 bridgehead atoms. The van der Waals surface area contributed by atoms with E-state index < -0.39 is 63.6 Å². The van der Waals surface area contributed by atoms with E-state index in [1.165, 1.54) is 17.0 Å². The molecule has 2 aliphatic carbocycles.